The molecule has 0 saturated heterocycles. The Morgan fingerprint density at radius 2 is 2.10 bits per heavy atom. The smallest absolute Gasteiger partial charge is 0.107 e. The fraction of sp³-hybridized carbons (Fsp3) is 0.778. The molecule has 20 heavy (non-hydrogen) atoms. The van der Waals surface area contributed by atoms with Crippen molar-refractivity contribution >= 4 is 0 Å². The zero-order chi connectivity index (χ0) is 14.6. The Bertz CT molecular complexity index is 377. The fourth-order valence-electron chi connectivity index (χ4n) is 3.52. The highest BCUT2D eigenvalue weighted by Crippen LogP contribution is 2.42. The molecular formula is C18H31NO. The molecule has 0 radical (unpaired) electrons. The van der Waals surface area contributed by atoms with Crippen LogP contribution in [0.15, 0.2) is 22.8 Å². The van der Waals surface area contributed by atoms with E-state index in [-0.39, 0.29) is 5.54 Å². The average molecular weight is 277 g/mol. The minimum absolute atomic E-state index is 0.202. The molecule has 2 nitrogen and oxygen atoms in total. The van der Waals surface area contributed by atoms with Crippen molar-refractivity contribution in [2.24, 2.45) is 11.8 Å². The van der Waals surface area contributed by atoms with Crippen LogP contribution in [0.2, 0.25) is 0 Å². The van der Waals surface area contributed by atoms with E-state index in [0.717, 1.165) is 12.5 Å². The number of hydrogen-bond acceptors (Lipinski definition) is 2. The van der Waals surface area contributed by atoms with Crippen molar-refractivity contribution in [1.82, 2.24) is 5.32 Å². The number of nitrogens with one attached hydrogen (secondary N) is 1. The molecule has 0 spiro atoms. The fourth-order valence-corrected chi connectivity index (χ4v) is 3.52. The Morgan fingerprint density at radius 1 is 1.30 bits per heavy atom. The highest BCUT2D eigenvalue weighted by atomic mass is 16.3. The topological polar surface area (TPSA) is 25.2 Å². The highest BCUT2D eigenvalue weighted by Gasteiger charge is 2.33. The van der Waals surface area contributed by atoms with E-state index in [0.29, 0.717) is 11.8 Å². The largest absolute Gasteiger partial charge is 0.469 e. The number of hydrogen-bond donors (Lipinski definition) is 1. The summed E-state index contributed by atoms with van der Waals surface area (Å²) < 4.78 is 5.73. The van der Waals surface area contributed by atoms with Crippen LogP contribution in [0.1, 0.15) is 71.5 Å². The predicted octanol–water partition coefficient (Wildman–Crippen LogP) is 4.97. The van der Waals surface area contributed by atoms with E-state index in [1.54, 1.807) is 0 Å². The lowest BCUT2D eigenvalue weighted by Crippen LogP contribution is -2.41. The van der Waals surface area contributed by atoms with Gasteiger partial charge < -0.3 is 9.73 Å². The lowest BCUT2D eigenvalue weighted by molar-refractivity contribution is 0.191. The van der Waals surface area contributed by atoms with Gasteiger partial charge in [-0.15, -0.1) is 0 Å². The van der Waals surface area contributed by atoms with Gasteiger partial charge in [-0.05, 0) is 64.1 Å². The van der Waals surface area contributed by atoms with Crippen LogP contribution >= 0.6 is 0 Å². The molecule has 2 heteroatoms. The molecule has 0 bridgehead atoms. The second kappa shape index (κ2) is 6.80. The van der Waals surface area contributed by atoms with Crippen LogP contribution in [0.3, 0.4) is 0 Å². The van der Waals surface area contributed by atoms with E-state index in [1.165, 1.54) is 37.9 Å². The molecule has 1 aromatic heterocycles. The second-order valence-corrected chi connectivity index (χ2v) is 7.48. The second-order valence-electron chi connectivity index (χ2n) is 7.48. The van der Waals surface area contributed by atoms with Gasteiger partial charge in [0.05, 0.1) is 6.26 Å². The van der Waals surface area contributed by atoms with Gasteiger partial charge in [-0.2, -0.15) is 0 Å². The molecule has 1 saturated carbocycles. The SMILES string of the molecule is CCCC1CCC(CNC(C)(C)C)C(c2ccco2)C1. The summed E-state index contributed by atoms with van der Waals surface area (Å²) in [7, 11) is 0. The third-order valence-electron chi connectivity index (χ3n) is 4.60. The van der Waals surface area contributed by atoms with E-state index in [1.807, 2.05) is 12.3 Å². The maximum Gasteiger partial charge on any atom is 0.107 e. The third kappa shape index (κ3) is 4.37. The first-order valence-corrected chi connectivity index (χ1v) is 8.28. The maximum absolute atomic E-state index is 5.73. The lowest BCUT2D eigenvalue weighted by atomic mass is 9.71. The van der Waals surface area contributed by atoms with Crippen LogP contribution in [-0.4, -0.2) is 12.1 Å². The van der Waals surface area contributed by atoms with E-state index >= 15 is 0 Å². The predicted molar refractivity (Wildman–Crippen MR) is 84.9 cm³/mol. The first-order valence-electron chi connectivity index (χ1n) is 8.28. The summed E-state index contributed by atoms with van der Waals surface area (Å²) in [6, 6.07) is 4.20. The zero-order valence-corrected chi connectivity index (χ0v) is 13.6. The molecule has 1 aromatic rings. The van der Waals surface area contributed by atoms with Crippen molar-refractivity contribution in [2.75, 3.05) is 6.54 Å². The molecule has 3 atom stereocenters. The molecule has 1 aliphatic carbocycles. The van der Waals surface area contributed by atoms with Crippen LogP contribution in [0.5, 0.6) is 0 Å². The monoisotopic (exact) mass is 277 g/mol. The van der Waals surface area contributed by atoms with Crippen LogP contribution in [0.25, 0.3) is 0 Å². The number of furan rings is 1. The van der Waals surface area contributed by atoms with Gasteiger partial charge in [-0.1, -0.05) is 26.2 Å². The van der Waals surface area contributed by atoms with Crippen LogP contribution in [-0.2, 0) is 0 Å². The molecule has 1 aliphatic rings. The first-order chi connectivity index (χ1) is 9.49. The summed E-state index contributed by atoms with van der Waals surface area (Å²) in [5.41, 5.74) is 0.202. The van der Waals surface area contributed by atoms with Gasteiger partial charge in [-0.3, -0.25) is 0 Å². The van der Waals surface area contributed by atoms with Gasteiger partial charge in [0.1, 0.15) is 5.76 Å². The van der Waals surface area contributed by atoms with E-state index in [4.69, 9.17) is 4.42 Å². The Hall–Kier alpha value is -0.760. The van der Waals surface area contributed by atoms with Crippen molar-refractivity contribution < 1.29 is 4.42 Å². The molecule has 1 heterocycles. The lowest BCUT2D eigenvalue weighted by Gasteiger charge is -2.37. The third-order valence-corrected chi connectivity index (χ3v) is 4.60. The first kappa shape index (κ1) is 15.6. The Kier molecular flexibility index (Phi) is 5.31. The van der Waals surface area contributed by atoms with Crippen LogP contribution in [0.4, 0.5) is 0 Å². The molecule has 114 valence electrons. The molecule has 0 aliphatic heterocycles. The van der Waals surface area contributed by atoms with E-state index < -0.39 is 0 Å². The molecule has 1 fully saturated rings. The Morgan fingerprint density at radius 3 is 2.70 bits per heavy atom. The Labute approximate surface area is 124 Å². The van der Waals surface area contributed by atoms with E-state index in [9.17, 15) is 0 Å². The van der Waals surface area contributed by atoms with Crippen molar-refractivity contribution in [3.63, 3.8) is 0 Å². The normalized spacial score (nSPS) is 27.7. The summed E-state index contributed by atoms with van der Waals surface area (Å²) in [4.78, 5) is 0. The summed E-state index contributed by atoms with van der Waals surface area (Å²) in [5.74, 6) is 3.41. The molecule has 2 rings (SSSR count). The minimum atomic E-state index is 0.202. The van der Waals surface area contributed by atoms with Gasteiger partial charge in [0.25, 0.3) is 0 Å². The van der Waals surface area contributed by atoms with Gasteiger partial charge in [0, 0.05) is 11.5 Å². The van der Waals surface area contributed by atoms with Gasteiger partial charge >= 0.3 is 0 Å². The van der Waals surface area contributed by atoms with Gasteiger partial charge in [-0.25, -0.2) is 0 Å². The maximum atomic E-state index is 5.73. The van der Waals surface area contributed by atoms with Crippen LogP contribution in [0, 0.1) is 11.8 Å². The molecule has 0 aromatic carbocycles. The standard InChI is InChI=1S/C18H31NO/c1-5-7-14-9-10-15(13-19-18(2,3)4)16(12-14)17-8-6-11-20-17/h6,8,11,14-16,19H,5,7,9-10,12-13H2,1-4H3. The van der Waals surface area contributed by atoms with Gasteiger partial charge in [0.15, 0.2) is 0 Å². The average Bonchev–Trinajstić information content (AvgIpc) is 2.90. The van der Waals surface area contributed by atoms with Crippen molar-refractivity contribution in [3.05, 3.63) is 24.2 Å². The van der Waals surface area contributed by atoms with Gasteiger partial charge in [0.2, 0.25) is 0 Å². The molecule has 1 N–H and O–H groups in total. The summed E-state index contributed by atoms with van der Waals surface area (Å²) in [6.45, 7) is 10.1. The summed E-state index contributed by atoms with van der Waals surface area (Å²) >= 11 is 0. The van der Waals surface area contributed by atoms with Crippen molar-refractivity contribution in [2.45, 2.75) is 71.3 Å². The zero-order valence-electron chi connectivity index (χ0n) is 13.6. The number of rotatable bonds is 5. The summed E-state index contributed by atoms with van der Waals surface area (Å²) in [5, 5.41) is 3.69. The van der Waals surface area contributed by atoms with Crippen LogP contribution < -0.4 is 5.32 Å². The minimum Gasteiger partial charge on any atom is -0.469 e. The Balaban J connectivity index is 2.02. The highest BCUT2D eigenvalue weighted by molar-refractivity contribution is 5.09. The quantitative estimate of drug-likeness (QED) is 0.822. The molecule has 0 amide bonds. The van der Waals surface area contributed by atoms with E-state index in [2.05, 4.69) is 39.1 Å². The van der Waals surface area contributed by atoms with Crippen molar-refractivity contribution in [1.29, 1.82) is 0 Å². The van der Waals surface area contributed by atoms with Crippen molar-refractivity contribution in [3.8, 4) is 0 Å². The molecular weight excluding hydrogens is 246 g/mol. The summed E-state index contributed by atoms with van der Waals surface area (Å²) in [6.07, 6.45) is 8.53. The molecule has 3 unspecified atom stereocenters.